The molecular weight excluding hydrogens is 379 g/mol. The van der Waals surface area contributed by atoms with Crippen LogP contribution in [0.3, 0.4) is 0 Å². The number of amides is 1. The van der Waals surface area contributed by atoms with Gasteiger partial charge in [-0.05, 0) is 48.6 Å². The van der Waals surface area contributed by atoms with E-state index in [1.54, 1.807) is 0 Å². The van der Waals surface area contributed by atoms with Gasteiger partial charge in [0.1, 0.15) is 5.82 Å². The fourth-order valence-corrected chi connectivity index (χ4v) is 5.75. The molecule has 2 heterocycles. The number of halogens is 1. The summed E-state index contributed by atoms with van der Waals surface area (Å²) in [6.07, 6.45) is 2.11. The van der Waals surface area contributed by atoms with E-state index in [1.807, 2.05) is 35.2 Å². The number of carbonyl (C=O) groups is 1. The Morgan fingerprint density at radius 1 is 1.00 bits per heavy atom. The zero-order valence-corrected chi connectivity index (χ0v) is 16.3. The van der Waals surface area contributed by atoms with Gasteiger partial charge in [-0.15, -0.1) is 0 Å². The molecule has 0 unspecified atom stereocenters. The van der Waals surface area contributed by atoms with Gasteiger partial charge in [-0.3, -0.25) is 4.79 Å². The zero-order chi connectivity index (χ0) is 19.7. The summed E-state index contributed by atoms with van der Waals surface area (Å²) in [5.74, 6) is -0.270. The summed E-state index contributed by atoms with van der Waals surface area (Å²) in [5.41, 5.74) is 1.04. The maximum atomic E-state index is 13.2. The molecule has 0 N–H and O–H groups in total. The van der Waals surface area contributed by atoms with E-state index in [0.29, 0.717) is 19.5 Å². The molecule has 1 amide bonds. The highest BCUT2D eigenvalue weighted by molar-refractivity contribution is 7.89. The lowest BCUT2D eigenvalue weighted by Gasteiger charge is -2.30. The second-order valence-electron chi connectivity index (χ2n) is 7.50. The van der Waals surface area contributed by atoms with Gasteiger partial charge in [-0.25, -0.2) is 12.8 Å². The van der Waals surface area contributed by atoms with Crippen LogP contribution in [-0.4, -0.2) is 42.7 Å². The third-order valence-electron chi connectivity index (χ3n) is 5.71. The monoisotopic (exact) mass is 402 g/mol. The van der Waals surface area contributed by atoms with E-state index in [1.165, 1.54) is 16.4 Å². The van der Waals surface area contributed by atoms with E-state index >= 15 is 0 Å². The quantitative estimate of drug-likeness (QED) is 0.790. The van der Waals surface area contributed by atoms with E-state index in [4.69, 9.17) is 0 Å². The standard InChI is InChI=1S/C21H23FN2O3S/c22-18-9-11-19(12-10-18)28(26,27)23-14-17-7-4-8-21(25)24(20(17)15-23)13-16-5-2-1-3-6-16/h1-3,5-6,9-12,17,20H,4,7-8,13-15H2/t17-,20+/m1/s1. The number of benzene rings is 2. The average molecular weight is 402 g/mol. The number of likely N-dealkylation sites (tertiary alicyclic amines) is 1. The molecule has 2 aliphatic rings. The van der Waals surface area contributed by atoms with Crippen LogP contribution in [0.4, 0.5) is 4.39 Å². The summed E-state index contributed by atoms with van der Waals surface area (Å²) in [7, 11) is -3.71. The van der Waals surface area contributed by atoms with E-state index in [0.717, 1.165) is 30.5 Å². The molecule has 28 heavy (non-hydrogen) atoms. The van der Waals surface area contributed by atoms with Crippen molar-refractivity contribution in [2.24, 2.45) is 5.92 Å². The van der Waals surface area contributed by atoms with Crippen molar-refractivity contribution in [3.05, 3.63) is 66.0 Å². The summed E-state index contributed by atoms with van der Waals surface area (Å²) in [6.45, 7) is 1.16. The van der Waals surface area contributed by atoms with E-state index in [9.17, 15) is 17.6 Å². The van der Waals surface area contributed by atoms with E-state index in [2.05, 4.69) is 0 Å². The van der Waals surface area contributed by atoms with Crippen LogP contribution in [0, 0.1) is 11.7 Å². The van der Waals surface area contributed by atoms with Gasteiger partial charge in [0.15, 0.2) is 0 Å². The molecule has 0 radical (unpaired) electrons. The molecule has 2 aromatic rings. The van der Waals surface area contributed by atoms with Crippen LogP contribution >= 0.6 is 0 Å². The van der Waals surface area contributed by atoms with Gasteiger partial charge < -0.3 is 4.90 Å². The number of hydrogen-bond donors (Lipinski definition) is 0. The number of hydrogen-bond acceptors (Lipinski definition) is 3. The highest BCUT2D eigenvalue weighted by Crippen LogP contribution is 2.34. The van der Waals surface area contributed by atoms with Crippen molar-refractivity contribution in [1.82, 2.24) is 9.21 Å². The van der Waals surface area contributed by atoms with Crippen LogP contribution in [0.2, 0.25) is 0 Å². The van der Waals surface area contributed by atoms with Crippen LogP contribution < -0.4 is 0 Å². The van der Waals surface area contributed by atoms with Crippen LogP contribution in [0.15, 0.2) is 59.5 Å². The van der Waals surface area contributed by atoms with Gasteiger partial charge >= 0.3 is 0 Å². The lowest BCUT2D eigenvalue weighted by molar-refractivity contribution is -0.133. The Kier molecular flexibility index (Phi) is 5.21. The summed E-state index contributed by atoms with van der Waals surface area (Å²) in [4.78, 5) is 14.7. The number of sulfonamides is 1. The van der Waals surface area contributed by atoms with Crippen molar-refractivity contribution >= 4 is 15.9 Å². The topological polar surface area (TPSA) is 57.7 Å². The fraction of sp³-hybridized carbons (Fsp3) is 0.381. The third kappa shape index (κ3) is 3.69. The zero-order valence-electron chi connectivity index (χ0n) is 15.5. The fourth-order valence-electron chi connectivity index (χ4n) is 4.23. The first-order valence-electron chi connectivity index (χ1n) is 9.54. The Balaban J connectivity index is 1.59. The molecule has 0 aromatic heterocycles. The second-order valence-corrected chi connectivity index (χ2v) is 9.44. The Labute approximate surface area is 164 Å². The van der Waals surface area contributed by atoms with Crippen LogP contribution in [0.25, 0.3) is 0 Å². The first-order valence-corrected chi connectivity index (χ1v) is 11.0. The number of carbonyl (C=O) groups excluding carboxylic acids is 1. The second kappa shape index (κ2) is 7.64. The molecule has 0 bridgehead atoms. The van der Waals surface area contributed by atoms with Crippen molar-refractivity contribution in [1.29, 1.82) is 0 Å². The molecule has 2 saturated heterocycles. The number of fused-ring (bicyclic) bond motifs is 1. The molecule has 0 aliphatic carbocycles. The summed E-state index contributed by atoms with van der Waals surface area (Å²) in [5, 5.41) is 0. The smallest absolute Gasteiger partial charge is 0.243 e. The van der Waals surface area contributed by atoms with Crippen molar-refractivity contribution in [3.63, 3.8) is 0 Å². The predicted molar refractivity (Wildman–Crippen MR) is 103 cm³/mol. The minimum absolute atomic E-state index is 0.0809. The lowest BCUT2D eigenvalue weighted by atomic mass is 9.98. The van der Waals surface area contributed by atoms with Gasteiger partial charge in [0.2, 0.25) is 15.9 Å². The van der Waals surface area contributed by atoms with Crippen LogP contribution in [0.5, 0.6) is 0 Å². The molecule has 2 aromatic carbocycles. The Morgan fingerprint density at radius 3 is 2.43 bits per heavy atom. The summed E-state index contributed by atoms with van der Waals surface area (Å²) >= 11 is 0. The molecule has 0 spiro atoms. The van der Waals surface area contributed by atoms with Crippen LogP contribution in [0.1, 0.15) is 24.8 Å². The molecule has 148 valence electrons. The largest absolute Gasteiger partial charge is 0.334 e. The number of nitrogens with zero attached hydrogens (tertiary/aromatic N) is 2. The van der Waals surface area contributed by atoms with E-state index in [-0.39, 0.29) is 29.3 Å². The average Bonchev–Trinajstić information content (AvgIpc) is 3.06. The summed E-state index contributed by atoms with van der Waals surface area (Å²) < 4.78 is 40.7. The lowest BCUT2D eigenvalue weighted by Crippen LogP contribution is -2.43. The minimum Gasteiger partial charge on any atom is -0.334 e. The molecule has 0 saturated carbocycles. The van der Waals surface area contributed by atoms with Crippen molar-refractivity contribution in [2.75, 3.05) is 13.1 Å². The van der Waals surface area contributed by atoms with E-state index < -0.39 is 15.8 Å². The predicted octanol–water partition coefficient (Wildman–Crippen LogP) is 3.03. The Morgan fingerprint density at radius 2 is 1.71 bits per heavy atom. The summed E-state index contributed by atoms with van der Waals surface area (Å²) in [6, 6.07) is 14.6. The van der Waals surface area contributed by atoms with Crippen molar-refractivity contribution in [2.45, 2.75) is 36.7 Å². The van der Waals surface area contributed by atoms with Gasteiger partial charge in [0, 0.05) is 32.1 Å². The molecular formula is C21H23FN2O3S. The molecule has 2 atom stereocenters. The van der Waals surface area contributed by atoms with Gasteiger partial charge in [0.25, 0.3) is 0 Å². The first-order chi connectivity index (χ1) is 13.4. The minimum atomic E-state index is -3.71. The van der Waals surface area contributed by atoms with Gasteiger partial charge in [-0.1, -0.05) is 30.3 Å². The van der Waals surface area contributed by atoms with Gasteiger partial charge in [-0.2, -0.15) is 4.31 Å². The highest BCUT2D eigenvalue weighted by atomic mass is 32.2. The van der Waals surface area contributed by atoms with Crippen molar-refractivity contribution in [3.8, 4) is 0 Å². The van der Waals surface area contributed by atoms with Gasteiger partial charge in [0.05, 0.1) is 4.90 Å². The maximum absolute atomic E-state index is 13.2. The Hall–Kier alpha value is -2.25. The number of rotatable bonds is 4. The van der Waals surface area contributed by atoms with Crippen molar-refractivity contribution < 1.29 is 17.6 Å². The molecule has 7 heteroatoms. The molecule has 2 aliphatic heterocycles. The Bertz CT molecular complexity index is 947. The SMILES string of the molecule is O=C1CCC[C@@H]2CN(S(=O)(=O)c3ccc(F)cc3)C[C@@H]2N1Cc1ccccc1. The van der Waals surface area contributed by atoms with Crippen LogP contribution in [-0.2, 0) is 21.4 Å². The maximum Gasteiger partial charge on any atom is 0.243 e. The molecule has 5 nitrogen and oxygen atoms in total. The first kappa shape index (κ1) is 19.1. The molecule has 4 rings (SSSR count). The highest BCUT2D eigenvalue weighted by Gasteiger charge is 2.44. The molecule has 2 fully saturated rings. The third-order valence-corrected chi connectivity index (χ3v) is 7.55. The normalized spacial score (nSPS) is 23.5.